The Hall–Kier alpha value is -2.61. The van der Waals surface area contributed by atoms with Crippen molar-refractivity contribution in [2.75, 3.05) is 17.1 Å². The molecule has 2 aromatic carbocycles. The van der Waals surface area contributed by atoms with E-state index >= 15 is 0 Å². The van der Waals surface area contributed by atoms with E-state index in [0.717, 1.165) is 34.4 Å². The smallest absolute Gasteiger partial charge is 0.243 e. The quantitative estimate of drug-likeness (QED) is 0.578. The van der Waals surface area contributed by atoms with Crippen molar-refractivity contribution < 1.29 is 22.3 Å². The Bertz CT molecular complexity index is 946. The second-order valence-electron chi connectivity index (χ2n) is 7.42. The predicted octanol–water partition coefficient (Wildman–Crippen LogP) is 3.52. The average molecular weight is 437 g/mol. The van der Waals surface area contributed by atoms with Crippen LogP contribution in [-0.4, -0.2) is 39.3 Å². The molecule has 0 saturated carbocycles. The van der Waals surface area contributed by atoms with Gasteiger partial charge in [-0.3, -0.25) is 9.10 Å². The van der Waals surface area contributed by atoms with Crippen LogP contribution < -0.4 is 14.4 Å². The predicted molar refractivity (Wildman–Crippen MR) is 117 cm³/mol. The first kappa shape index (κ1) is 23.7. The number of nitrogens with zero attached hydrogens (tertiary/aromatic N) is 1. The zero-order chi connectivity index (χ0) is 22.3. The summed E-state index contributed by atoms with van der Waals surface area (Å²) in [7, 11) is -3.77. The lowest BCUT2D eigenvalue weighted by Crippen LogP contribution is -2.48. The maximum absolute atomic E-state index is 13.5. The summed E-state index contributed by atoms with van der Waals surface area (Å²) in [5, 5.41) is 2.76. The summed E-state index contributed by atoms with van der Waals surface area (Å²) >= 11 is 0. The molecule has 0 heterocycles. The van der Waals surface area contributed by atoms with Crippen molar-refractivity contribution in [3.05, 3.63) is 59.9 Å². The first-order valence-corrected chi connectivity index (χ1v) is 11.7. The Morgan fingerprint density at radius 2 is 1.80 bits per heavy atom. The Labute approximate surface area is 178 Å². The Morgan fingerprint density at radius 3 is 2.37 bits per heavy atom. The summed E-state index contributed by atoms with van der Waals surface area (Å²) in [6, 6.07) is 12.0. The fraction of sp³-hybridized carbons (Fsp3) is 0.409. The van der Waals surface area contributed by atoms with Crippen LogP contribution in [0.25, 0.3) is 0 Å². The summed E-state index contributed by atoms with van der Waals surface area (Å²) < 4.78 is 44.5. The molecular weight excluding hydrogens is 407 g/mol. The van der Waals surface area contributed by atoms with Gasteiger partial charge < -0.3 is 10.1 Å². The van der Waals surface area contributed by atoms with Crippen molar-refractivity contribution in [2.24, 2.45) is 0 Å². The van der Waals surface area contributed by atoms with Gasteiger partial charge in [0.1, 0.15) is 17.6 Å². The Kier molecular flexibility index (Phi) is 8.23. The first-order valence-electron chi connectivity index (χ1n) is 9.86. The van der Waals surface area contributed by atoms with Crippen molar-refractivity contribution in [3.8, 4) is 5.75 Å². The molecule has 0 aromatic heterocycles. The van der Waals surface area contributed by atoms with Crippen LogP contribution in [0.5, 0.6) is 5.75 Å². The lowest BCUT2D eigenvalue weighted by molar-refractivity contribution is -0.121. The number of halogens is 1. The second kappa shape index (κ2) is 10.4. The number of ether oxygens (including phenoxy) is 1. The van der Waals surface area contributed by atoms with Gasteiger partial charge in [0.05, 0.1) is 18.0 Å². The average Bonchev–Trinajstić information content (AvgIpc) is 2.65. The molecule has 0 aliphatic rings. The number of nitrogens with one attached hydrogen (secondary N) is 1. The van der Waals surface area contributed by atoms with Gasteiger partial charge in [-0.1, -0.05) is 18.2 Å². The lowest BCUT2D eigenvalue weighted by Gasteiger charge is -2.28. The van der Waals surface area contributed by atoms with Gasteiger partial charge in [0, 0.05) is 6.54 Å². The highest BCUT2D eigenvalue weighted by molar-refractivity contribution is 7.92. The summed E-state index contributed by atoms with van der Waals surface area (Å²) in [6.07, 6.45) is 2.57. The van der Waals surface area contributed by atoms with Gasteiger partial charge in [-0.25, -0.2) is 12.8 Å². The molecular formula is C22H29FN2O4S. The van der Waals surface area contributed by atoms with Gasteiger partial charge in [0.15, 0.2) is 0 Å². The van der Waals surface area contributed by atoms with Crippen LogP contribution in [0.2, 0.25) is 0 Å². The summed E-state index contributed by atoms with van der Waals surface area (Å²) in [5.41, 5.74) is 1.23. The van der Waals surface area contributed by atoms with Crippen LogP contribution in [-0.2, 0) is 21.2 Å². The van der Waals surface area contributed by atoms with Crippen LogP contribution in [0.3, 0.4) is 0 Å². The SMILES string of the molecule is CC(C)Oc1ccc(CCCNC(=O)[C@@H](C)N(c2cccc(F)c2)S(C)(=O)=O)cc1. The number of rotatable bonds is 10. The standard InChI is InChI=1S/C22H29FN2O4S/c1-16(2)29-21-12-10-18(11-13-21)7-6-14-24-22(26)17(3)25(30(4,27)28)20-9-5-8-19(23)15-20/h5,8-13,15-17H,6-7,14H2,1-4H3,(H,24,26)/t17-/m1/s1. The highest BCUT2D eigenvalue weighted by Gasteiger charge is 2.29. The van der Waals surface area contributed by atoms with E-state index in [0.29, 0.717) is 13.0 Å². The maximum atomic E-state index is 13.5. The van der Waals surface area contributed by atoms with E-state index in [2.05, 4.69) is 5.32 Å². The topological polar surface area (TPSA) is 75.7 Å². The zero-order valence-electron chi connectivity index (χ0n) is 17.8. The van der Waals surface area contributed by atoms with Gasteiger partial charge in [-0.15, -0.1) is 0 Å². The fourth-order valence-electron chi connectivity index (χ4n) is 3.08. The minimum atomic E-state index is -3.77. The van der Waals surface area contributed by atoms with Crippen molar-refractivity contribution in [1.29, 1.82) is 0 Å². The van der Waals surface area contributed by atoms with Crippen LogP contribution >= 0.6 is 0 Å². The number of hydrogen-bond acceptors (Lipinski definition) is 4. The number of carbonyl (C=O) groups excluding carboxylic acids is 1. The molecule has 0 spiro atoms. The van der Waals surface area contributed by atoms with E-state index in [-0.39, 0.29) is 11.8 Å². The summed E-state index contributed by atoms with van der Waals surface area (Å²) in [5.74, 6) is -0.196. The molecule has 0 bridgehead atoms. The van der Waals surface area contributed by atoms with Crippen LogP contribution in [0.15, 0.2) is 48.5 Å². The number of benzene rings is 2. The highest BCUT2D eigenvalue weighted by Crippen LogP contribution is 2.21. The first-order chi connectivity index (χ1) is 14.1. The molecule has 0 radical (unpaired) electrons. The molecule has 8 heteroatoms. The van der Waals surface area contributed by atoms with E-state index < -0.39 is 27.8 Å². The van der Waals surface area contributed by atoms with Gasteiger partial charge in [-0.2, -0.15) is 0 Å². The van der Waals surface area contributed by atoms with Crippen molar-refractivity contribution >= 4 is 21.6 Å². The van der Waals surface area contributed by atoms with Crippen LogP contribution in [0.4, 0.5) is 10.1 Å². The maximum Gasteiger partial charge on any atom is 0.243 e. The van der Waals surface area contributed by atoms with E-state index in [1.54, 1.807) is 0 Å². The number of carbonyl (C=O) groups is 1. The lowest BCUT2D eigenvalue weighted by atomic mass is 10.1. The molecule has 2 aromatic rings. The molecule has 0 aliphatic carbocycles. The number of hydrogen-bond donors (Lipinski definition) is 1. The normalized spacial score (nSPS) is 12.5. The van der Waals surface area contributed by atoms with Crippen molar-refractivity contribution in [1.82, 2.24) is 5.32 Å². The molecule has 2 rings (SSSR count). The minimum Gasteiger partial charge on any atom is -0.491 e. The van der Waals surface area contributed by atoms with E-state index in [4.69, 9.17) is 4.74 Å². The molecule has 164 valence electrons. The fourth-order valence-corrected chi connectivity index (χ4v) is 4.25. The molecule has 30 heavy (non-hydrogen) atoms. The molecule has 1 N–H and O–H groups in total. The third kappa shape index (κ3) is 7.02. The number of anilines is 1. The third-order valence-corrected chi connectivity index (χ3v) is 5.63. The van der Waals surface area contributed by atoms with Crippen LogP contribution in [0, 0.1) is 5.82 Å². The van der Waals surface area contributed by atoms with Gasteiger partial charge >= 0.3 is 0 Å². The second-order valence-corrected chi connectivity index (χ2v) is 9.28. The number of aryl methyl sites for hydroxylation is 1. The Morgan fingerprint density at radius 1 is 1.13 bits per heavy atom. The molecule has 6 nitrogen and oxygen atoms in total. The third-order valence-electron chi connectivity index (χ3n) is 4.39. The molecule has 1 amide bonds. The van der Waals surface area contributed by atoms with Gasteiger partial charge in [0.2, 0.25) is 15.9 Å². The number of sulfonamides is 1. The number of amides is 1. The van der Waals surface area contributed by atoms with Crippen molar-refractivity contribution in [3.63, 3.8) is 0 Å². The molecule has 0 aliphatic heterocycles. The molecule has 0 unspecified atom stereocenters. The highest BCUT2D eigenvalue weighted by atomic mass is 32.2. The molecule has 0 fully saturated rings. The van der Waals surface area contributed by atoms with Gasteiger partial charge in [-0.05, 0) is 69.5 Å². The molecule has 0 saturated heterocycles. The van der Waals surface area contributed by atoms with E-state index in [1.165, 1.54) is 25.1 Å². The Balaban J connectivity index is 1.91. The minimum absolute atomic E-state index is 0.115. The monoisotopic (exact) mass is 436 g/mol. The zero-order valence-corrected chi connectivity index (χ0v) is 18.6. The summed E-state index contributed by atoms with van der Waals surface area (Å²) in [6.45, 7) is 5.82. The van der Waals surface area contributed by atoms with E-state index in [9.17, 15) is 17.6 Å². The van der Waals surface area contributed by atoms with E-state index in [1.807, 2.05) is 38.1 Å². The van der Waals surface area contributed by atoms with Crippen LogP contribution in [0.1, 0.15) is 32.8 Å². The summed E-state index contributed by atoms with van der Waals surface area (Å²) in [4.78, 5) is 12.5. The van der Waals surface area contributed by atoms with Gasteiger partial charge in [0.25, 0.3) is 0 Å². The van der Waals surface area contributed by atoms with Crippen molar-refractivity contribution in [2.45, 2.75) is 45.8 Å². The largest absolute Gasteiger partial charge is 0.491 e. The molecule has 1 atom stereocenters.